The van der Waals surface area contributed by atoms with Crippen LogP contribution < -0.4 is 5.73 Å². The average Bonchev–Trinajstić information content (AvgIpc) is 2.01. The van der Waals surface area contributed by atoms with Gasteiger partial charge in [-0.3, -0.25) is 5.41 Å². The highest BCUT2D eigenvalue weighted by molar-refractivity contribution is 5.76. The van der Waals surface area contributed by atoms with E-state index in [1.54, 1.807) is 0 Å². The van der Waals surface area contributed by atoms with Crippen LogP contribution in [0, 0.1) is 5.41 Å². The van der Waals surface area contributed by atoms with Gasteiger partial charge in [-0.15, -0.1) is 0 Å². The smallest absolute Gasteiger partial charge is 0.0918 e. The maximum atomic E-state index is 9.32. The molecule has 0 aromatic carbocycles. The molecule has 1 rings (SSSR count). The summed E-state index contributed by atoms with van der Waals surface area (Å²) < 4.78 is 0. The van der Waals surface area contributed by atoms with Crippen molar-refractivity contribution >= 4 is 5.84 Å². The predicted molar refractivity (Wildman–Crippen MR) is 48.2 cm³/mol. The molecule has 4 heteroatoms. The second-order valence-corrected chi connectivity index (χ2v) is 3.37. The number of aliphatic hydroxyl groups excluding tert-OH is 1. The van der Waals surface area contributed by atoms with Crippen LogP contribution in [0.2, 0.25) is 0 Å². The number of hydrogen-bond donors (Lipinski definition) is 3. The Morgan fingerprint density at radius 1 is 1.67 bits per heavy atom. The van der Waals surface area contributed by atoms with Gasteiger partial charge in [0.2, 0.25) is 0 Å². The standard InChI is InChI=1S/C8H17N3O/c9-8(10)3-5-11-4-1-2-7(12)6-11/h7,12H,1-6H2,(H3,9,10). The van der Waals surface area contributed by atoms with E-state index in [2.05, 4.69) is 4.90 Å². The molecule has 0 amide bonds. The first-order chi connectivity index (χ1) is 5.68. The zero-order chi connectivity index (χ0) is 8.97. The number of nitrogens with zero attached hydrogens (tertiary/aromatic N) is 1. The van der Waals surface area contributed by atoms with Crippen LogP contribution in [0.4, 0.5) is 0 Å². The minimum absolute atomic E-state index is 0.175. The zero-order valence-corrected chi connectivity index (χ0v) is 7.29. The number of piperidine rings is 1. The van der Waals surface area contributed by atoms with Gasteiger partial charge in [0.15, 0.2) is 0 Å². The molecule has 1 aliphatic heterocycles. The number of nitrogens with two attached hydrogens (primary N) is 1. The Hall–Kier alpha value is -0.610. The van der Waals surface area contributed by atoms with E-state index in [1.165, 1.54) is 0 Å². The number of nitrogens with one attached hydrogen (secondary N) is 1. The van der Waals surface area contributed by atoms with Crippen molar-refractivity contribution in [1.82, 2.24) is 4.90 Å². The molecule has 1 unspecified atom stereocenters. The number of hydrogen-bond acceptors (Lipinski definition) is 3. The van der Waals surface area contributed by atoms with Crippen molar-refractivity contribution in [2.45, 2.75) is 25.4 Å². The average molecular weight is 171 g/mol. The highest BCUT2D eigenvalue weighted by Gasteiger charge is 2.16. The summed E-state index contributed by atoms with van der Waals surface area (Å²) >= 11 is 0. The SMILES string of the molecule is N=C(N)CCN1CCCC(O)C1. The second kappa shape index (κ2) is 4.42. The Labute approximate surface area is 72.9 Å². The summed E-state index contributed by atoms with van der Waals surface area (Å²) in [5, 5.41) is 16.4. The molecule has 0 aromatic rings. The lowest BCUT2D eigenvalue weighted by atomic mass is 10.1. The van der Waals surface area contributed by atoms with E-state index in [9.17, 15) is 5.11 Å². The first-order valence-electron chi connectivity index (χ1n) is 4.42. The van der Waals surface area contributed by atoms with Crippen molar-refractivity contribution in [1.29, 1.82) is 5.41 Å². The normalized spacial score (nSPS) is 25.6. The van der Waals surface area contributed by atoms with Crippen molar-refractivity contribution in [2.24, 2.45) is 5.73 Å². The van der Waals surface area contributed by atoms with Crippen LogP contribution in [-0.4, -0.2) is 41.6 Å². The molecule has 0 aliphatic carbocycles. The van der Waals surface area contributed by atoms with Crippen LogP contribution in [0.1, 0.15) is 19.3 Å². The molecule has 1 aliphatic rings. The summed E-state index contributed by atoms with van der Waals surface area (Å²) in [5.74, 6) is 0.232. The largest absolute Gasteiger partial charge is 0.392 e. The van der Waals surface area contributed by atoms with E-state index in [0.29, 0.717) is 6.42 Å². The number of likely N-dealkylation sites (tertiary alicyclic amines) is 1. The minimum Gasteiger partial charge on any atom is -0.392 e. The second-order valence-electron chi connectivity index (χ2n) is 3.37. The zero-order valence-electron chi connectivity index (χ0n) is 7.29. The highest BCUT2D eigenvalue weighted by Crippen LogP contribution is 2.09. The van der Waals surface area contributed by atoms with Crippen molar-refractivity contribution < 1.29 is 5.11 Å². The van der Waals surface area contributed by atoms with Crippen LogP contribution >= 0.6 is 0 Å². The van der Waals surface area contributed by atoms with Gasteiger partial charge < -0.3 is 15.7 Å². The van der Waals surface area contributed by atoms with E-state index in [1.807, 2.05) is 0 Å². The van der Waals surface area contributed by atoms with Crippen LogP contribution in [-0.2, 0) is 0 Å². The first kappa shape index (κ1) is 9.48. The summed E-state index contributed by atoms with van der Waals surface area (Å²) in [6.07, 6.45) is 2.41. The molecule has 1 heterocycles. The van der Waals surface area contributed by atoms with Gasteiger partial charge in [0.25, 0.3) is 0 Å². The first-order valence-corrected chi connectivity index (χ1v) is 4.42. The van der Waals surface area contributed by atoms with Gasteiger partial charge in [0, 0.05) is 19.5 Å². The van der Waals surface area contributed by atoms with E-state index >= 15 is 0 Å². The maximum absolute atomic E-state index is 9.32. The van der Waals surface area contributed by atoms with Crippen molar-refractivity contribution in [3.05, 3.63) is 0 Å². The van der Waals surface area contributed by atoms with E-state index in [-0.39, 0.29) is 11.9 Å². The lowest BCUT2D eigenvalue weighted by Gasteiger charge is -2.29. The molecule has 0 radical (unpaired) electrons. The number of aliphatic hydroxyl groups is 1. The molecule has 1 saturated heterocycles. The molecule has 1 atom stereocenters. The molecule has 70 valence electrons. The fraction of sp³-hybridized carbons (Fsp3) is 0.875. The molecule has 4 N–H and O–H groups in total. The third kappa shape index (κ3) is 3.19. The third-order valence-electron chi connectivity index (χ3n) is 2.18. The van der Waals surface area contributed by atoms with Gasteiger partial charge in [-0.05, 0) is 19.4 Å². The summed E-state index contributed by atoms with van der Waals surface area (Å²) in [6.45, 7) is 2.59. The maximum Gasteiger partial charge on any atom is 0.0918 e. The number of rotatable bonds is 3. The topological polar surface area (TPSA) is 73.3 Å². The fourth-order valence-electron chi connectivity index (χ4n) is 1.51. The van der Waals surface area contributed by atoms with Crippen LogP contribution in [0.25, 0.3) is 0 Å². The van der Waals surface area contributed by atoms with Gasteiger partial charge in [0.05, 0.1) is 11.9 Å². The molecule has 0 bridgehead atoms. The third-order valence-corrected chi connectivity index (χ3v) is 2.18. The van der Waals surface area contributed by atoms with Gasteiger partial charge in [-0.2, -0.15) is 0 Å². The van der Waals surface area contributed by atoms with Crippen LogP contribution in [0.3, 0.4) is 0 Å². The molecule has 12 heavy (non-hydrogen) atoms. The quantitative estimate of drug-likeness (QED) is 0.405. The summed E-state index contributed by atoms with van der Waals surface area (Å²) in [7, 11) is 0. The molecular formula is C8H17N3O. The summed E-state index contributed by atoms with van der Waals surface area (Å²) in [6, 6.07) is 0. The Morgan fingerprint density at radius 3 is 3.00 bits per heavy atom. The number of β-amino-alcohol motifs (C(OH)–C–C–N with tert-alkyl or cyclic N) is 1. The predicted octanol–water partition coefficient (Wildman–Crippen LogP) is -0.231. The van der Waals surface area contributed by atoms with Gasteiger partial charge >= 0.3 is 0 Å². The van der Waals surface area contributed by atoms with Crippen LogP contribution in [0.15, 0.2) is 0 Å². The molecule has 1 fully saturated rings. The van der Waals surface area contributed by atoms with Gasteiger partial charge in [0.1, 0.15) is 0 Å². The fourth-order valence-corrected chi connectivity index (χ4v) is 1.51. The van der Waals surface area contributed by atoms with Gasteiger partial charge in [-0.25, -0.2) is 0 Å². The Bertz CT molecular complexity index is 160. The van der Waals surface area contributed by atoms with Crippen molar-refractivity contribution in [3.8, 4) is 0 Å². The lowest BCUT2D eigenvalue weighted by molar-refractivity contribution is 0.0722. The van der Waals surface area contributed by atoms with Crippen molar-refractivity contribution in [3.63, 3.8) is 0 Å². The number of amidine groups is 1. The van der Waals surface area contributed by atoms with Crippen molar-refractivity contribution in [2.75, 3.05) is 19.6 Å². The molecule has 0 aromatic heterocycles. The molecule has 0 saturated carbocycles. The molecular weight excluding hydrogens is 154 g/mol. The molecule has 0 spiro atoms. The molecule has 4 nitrogen and oxygen atoms in total. The highest BCUT2D eigenvalue weighted by atomic mass is 16.3. The lowest BCUT2D eigenvalue weighted by Crippen LogP contribution is -2.39. The summed E-state index contributed by atoms with van der Waals surface area (Å²) in [5.41, 5.74) is 5.24. The van der Waals surface area contributed by atoms with E-state index < -0.39 is 0 Å². The Balaban J connectivity index is 2.18. The minimum atomic E-state index is -0.175. The Morgan fingerprint density at radius 2 is 2.42 bits per heavy atom. The summed E-state index contributed by atoms with van der Waals surface area (Å²) in [4.78, 5) is 2.16. The van der Waals surface area contributed by atoms with E-state index in [4.69, 9.17) is 11.1 Å². The van der Waals surface area contributed by atoms with Crippen LogP contribution in [0.5, 0.6) is 0 Å². The monoisotopic (exact) mass is 171 g/mol. The Kier molecular flexibility index (Phi) is 3.49. The van der Waals surface area contributed by atoms with E-state index in [0.717, 1.165) is 32.5 Å². The van der Waals surface area contributed by atoms with Gasteiger partial charge in [-0.1, -0.05) is 0 Å².